The van der Waals surface area contributed by atoms with Crippen LogP contribution in [0.4, 0.5) is 0 Å². The highest BCUT2D eigenvalue weighted by molar-refractivity contribution is 7.89. The number of carbonyl (C=O) groups excluding carboxylic acids is 1. The summed E-state index contributed by atoms with van der Waals surface area (Å²) in [7, 11) is -3.55. The number of rotatable bonds is 4. The van der Waals surface area contributed by atoms with Crippen molar-refractivity contribution in [3.63, 3.8) is 0 Å². The predicted molar refractivity (Wildman–Crippen MR) is 100 cm³/mol. The summed E-state index contributed by atoms with van der Waals surface area (Å²) in [6, 6.07) is 6.34. The molecule has 1 heterocycles. The van der Waals surface area contributed by atoms with E-state index in [4.69, 9.17) is 11.6 Å². The lowest BCUT2D eigenvalue weighted by atomic mass is 9.86. The molecule has 26 heavy (non-hydrogen) atoms. The molecule has 5 nitrogen and oxygen atoms in total. The minimum Gasteiger partial charge on any atom is -0.340 e. The Balaban J connectivity index is 1.34. The van der Waals surface area contributed by atoms with Crippen molar-refractivity contribution in [3.05, 3.63) is 29.3 Å². The molecular weight excluding hydrogens is 372 g/mol. The Kier molecular flexibility index (Phi) is 5.01. The average Bonchev–Trinajstić information content (AvgIpc) is 3.25. The van der Waals surface area contributed by atoms with Crippen molar-refractivity contribution in [3.8, 4) is 0 Å². The fourth-order valence-corrected chi connectivity index (χ4v) is 6.66. The molecule has 0 N–H and O–H groups in total. The first-order valence-electron chi connectivity index (χ1n) is 9.47. The van der Waals surface area contributed by atoms with Gasteiger partial charge in [0.15, 0.2) is 0 Å². The Hall–Kier alpha value is -1.11. The quantitative estimate of drug-likeness (QED) is 0.786. The van der Waals surface area contributed by atoms with Crippen LogP contribution in [0, 0.1) is 17.8 Å². The van der Waals surface area contributed by atoms with Gasteiger partial charge >= 0.3 is 0 Å². The fourth-order valence-electron chi connectivity index (χ4n) is 4.93. The Morgan fingerprint density at radius 3 is 2.50 bits per heavy atom. The van der Waals surface area contributed by atoms with Gasteiger partial charge in [-0.3, -0.25) is 4.79 Å². The highest BCUT2D eigenvalue weighted by atomic mass is 35.5. The molecule has 3 aliphatic rings. The zero-order chi connectivity index (χ0) is 18.3. The standard InChI is InChI=1S/C19H25ClN2O3S/c20-17-2-1-3-18(13-17)26(24,25)22-8-6-21(7-9-22)19(23)12-16-11-14-4-5-15(16)10-14/h1-3,13-16H,4-12H2/t14-,15+,16-/m0/s1. The second-order valence-corrected chi connectivity index (χ2v) is 10.3. The normalized spacial score (nSPS) is 29.3. The summed E-state index contributed by atoms with van der Waals surface area (Å²) in [6.45, 7) is 1.63. The monoisotopic (exact) mass is 396 g/mol. The number of carbonyl (C=O) groups is 1. The number of piperazine rings is 1. The van der Waals surface area contributed by atoms with E-state index in [1.807, 2.05) is 4.90 Å². The molecule has 0 radical (unpaired) electrons. The lowest BCUT2D eigenvalue weighted by Crippen LogP contribution is -2.50. The van der Waals surface area contributed by atoms with Gasteiger partial charge in [-0.05, 0) is 55.2 Å². The second-order valence-electron chi connectivity index (χ2n) is 7.88. The van der Waals surface area contributed by atoms with Gasteiger partial charge in [0.1, 0.15) is 0 Å². The van der Waals surface area contributed by atoms with Crippen molar-refractivity contribution < 1.29 is 13.2 Å². The van der Waals surface area contributed by atoms with E-state index in [0.717, 1.165) is 11.8 Å². The SMILES string of the molecule is O=C(C[C@@H]1C[C@H]2CC[C@@H]1C2)N1CCN(S(=O)(=O)c2cccc(Cl)c2)CC1. The molecule has 2 bridgehead atoms. The van der Waals surface area contributed by atoms with Crippen LogP contribution in [0.1, 0.15) is 32.1 Å². The van der Waals surface area contributed by atoms with Crippen LogP contribution in [0.5, 0.6) is 0 Å². The second kappa shape index (κ2) is 7.13. The molecule has 4 rings (SSSR count). The van der Waals surface area contributed by atoms with E-state index in [2.05, 4.69) is 0 Å². The van der Waals surface area contributed by atoms with Gasteiger partial charge in [0.2, 0.25) is 15.9 Å². The Morgan fingerprint density at radius 2 is 1.88 bits per heavy atom. The Labute approximate surface area is 160 Å². The van der Waals surface area contributed by atoms with Gasteiger partial charge in [-0.2, -0.15) is 4.31 Å². The third-order valence-electron chi connectivity index (χ3n) is 6.35. The molecule has 0 spiro atoms. The summed E-state index contributed by atoms with van der Waals surface area (Å²) in [6.07, 6.45) is 5.79. The van der Waals surface area contributed by atoms with Crippen molar-refractivity contribution in [1.29, 1.82) is 0 Å². The summed E-state index contributed by atoms with van der Waals surface area (Å²) >= 11 is 5.93. The third-order valence-corrected chi connectivity index (χ3v) is 8.48. The van der Waals surface area contributed by atoms with E-state index in [9.17, 15) is 13.2 Å². The first-order valence-corrected chi connectivity index (χ1v) is 11.3. The van der Waals surface area contributed by atoms with E-state index in [1.165, 1.54) is 36.1 Å². The summed E-state index contributed by atoms with van der Waals surface area (Å²) in [4.78, 5) is 14.7. The first-order chi connectivity index (χ1) is 12.4. The zero-order valence-electron chi connectivity index (χ0n) is 14.8. The fraction of sp³-hybridized carbons (Fsp3) is 0.632. The smallest absolute Gasteiger partial charge is 0.243 e. The molecule has 0 unspecified atom stereocenters. The van der Waals surface area contributed by atoms with Gasteiger partial charge in [0.05, 0.1) is 4.90 Å². The molecule has 1 amide bonds. The third kappa shape index (κ3) is 3.51. The molecule has 2 aliphatic carbocycles. The lowest BCUT2D eigenvalue weighted by molar-refractivity contribution is -0.133. The molecule has 0 aromatic heterocycles. The van der Waals surface area contributed by atoms with Crippen LogP contribution in [0.15, 0.2) is 29.2 Å². The van der Waals surface area contributed by atoms with Gasteiger partial charge in [-0.15, -0.1) is 0 Å². The molecule has 7 heteroatoms. The maximum Gasteiger partial charge on any atom is 0.243 e. The zero-order valence-corrected chi connectivity index (χ0v) is 16.4. The van der Waals surface area contributed by atoms with Gasteiger partial charge < -0.3 is 4.90 Å². The molecule has 1 aromatic carbocycles. The lowest BCUT2D eigenvalue weighted by Gasteiger charge is -2.35. The van der Waals surface area contributed by atoms with Gasteiger partial charge in [-0.25, -0.2) is 8.42 Å². The minimum atomic E-state index is -3.55. The maximum absolute atomic E-state index is 12.7. The van der Waals surface area contributed by atoms with Crippen LogP contribution < -0.4 is 0 Å². The molecule has 3 fully saturated rings. The number of sulfonamides is 1. The molecule has 1 saturated heterocycles. The van der Waals surface area contributed by atoms with Gasteiger partial charge in [0, 0.05) is 37.6 Å². The number of hydrogen-bond donors (Lipinski definition) is 0. The number of fused-ring (bicyclic) bond motifs is 2. The number of benzene rings is 1. The average molecular weight is 397 g/mol. The van der Waals surface area contributed by atoms with Gasteiger partial charge in [0.25, 0.3) is 0 Å². The minimum absolute atomic E-state index is 0.197. The molecule has 1 aliphatic heterocycles. The van der Waals surface area contributed by atoms with E-state index in [0.29, 0.717) is 43.5 Å². The van der Waals surface area contributed by atoms with Crippen LogP contribution in [0.3, 0.4) is 0 Å². The molecule has 142 valence electrons. The number of halogens is 1. The summed E-state index contributed by atoms with van der Waals surface area (Å²) in [5, 5.41) is 0.408. The topological polar surface area (TPSA) is 57.7 Å². The molecule has 2 saturated carbocycles. The summed E-state index contributed by atoms with van der Waals surface area (Å²) in [5.74, 6) is 2.34. The van der Waals surface area contributed by atoms with Gasteiger partial charge in [-0.1, -0.05) is 24.1 Å². The van der Waals surface area contributed by atoms with E-state index in [-0.39, 0.29) is 10.8 Å². The van der Waals surface area contributed by atoms with Crippen LogP contribution in [-0.2, 0) is 14.8 Å². The number of nitrogens with zero attached hydrogens (tertiary/aromatic N) is 2. The molecule has 1 aromatic rings. The van der Waals surface area contributed by atoms with Crippen molar-refractivity contribution in [1.82, 2.24) is 9.21 Å². The van der Waals surface area contributed by atoms with Crippen LogP contribution in [-0.4, -0.2) is 49.7 Å². The summed E-state index contributed by atoms with van der Waals surface area (Å²) < 4.78 is 26.9. The van der Waals surface area contributed by atoms with Crippen molar-refractivity contribution in [2.24, 2.45) is 17.8 Å². The first kappa shape index (κ1) is 18.3. The predicted octanol–water partition coefficient (Wildman–Crippen LogP) is 3.00. The van der Waals surface area contributed by atoms with E-state index < -0.39 is 10.0 Å². The Morgan fingerprint density at radius 1 is 1.12 bits per heavy atom. The highest BCUT2D eigenvalue weighted by Gasteiger charge is 2.41. The van der Waals surface area contributed by atoms with Crippen LogP contribution in [0.2, 0.25) is 5.02 Å². The van der Waals surface area contributed by atoms with Crippen LogP contribution >= 0.6 is 11.6 Å². The summed E-state index contributed by atoms with van der Waals surface area (Å²) in [5.41, 5.74) is 0. The van der Waals surface area contributed by atoms with E-state index in [1.54, 1.807) is 18.2 Å². The van der Waals surface area contributed by atoms with Crippen molar-refractivity contribution in [2.45, 2.75) is 37.0 Å². The highest BCUT2D eigenvalue weighted by Crippen LogP contribution is 2.49. The maximum atomic E-state index is 12.7. The van der Waals surface area contributed by atoms with Crippen LogP contribution in [0.25, 0.3) is 0 Å². The largest absolute Gasteiger partial charge is 0.340 e. The Bertz CT molecular complexity index is 790. The van der Waals surface area contributed by atoms with Crippen molar-refractivity contribution in [2.75, 3.05) is 26.2 Å². The van der Waals surface area contributed by atoms with Crippen molar-refractivity contribution >= 4 is 27.5 Å². The number of amides is 1. The molecule has 3 atom stereocenters. The number of hydrogen-bond acceptors (Lipinski definition) is 3. The van der Waals surface area contributed by atoms with E-state index >= 15 is 0 Å². The molecular formula is C19H25ClN2O3S.